The number of amides is 1. The van der Waals surface area contributed by atoms with Crippen LogP contribution >= 0.6 is 0 Å². The number of nitrogens with one attached hydrogen (secondary N) is 1. The van der Waals surface area contributed by atoms with Crippen LogP contribution in [0, 0.1) is 6.92 Å². The van der Waals surface area contributed by atoms with Crippen LogP contribution in [0.15, 0.2) is 49.1 Å². The third-order valence-corrected chi connectivity index (χ3v) is 5.22. The first-order valence-corrected chi connectivity index (χ1v) is 9.80. The van der Waals surface area contributed by atoms with Gasteiger partial charge in [-0.25, -0.2) is 9.59 Å². The maximum Gasteiger partial charge on any atom is 0.335 e. The van der Waals surface area contributed by atoms with Crippen LogP contribution in [0.4, 0.5) is 5.69 Å². The number of hydrogen-bond donors (Lipinski definition) is 3. The number of carboxylic acids is 2. The Kier molecular flexibility index (Phi) is 5.97. The number of nitrogens with zero attached hydrogens (tertiary/aromatic N) is 1. The minimum Gasteiger partial charge on any atom is -0.478 e. The van der Waals surface area contributed by atoms with Crippen molar-refractivity contribution in [2.75, 3.05) is 5.32 Å². The number of aryl methyl sites for hydroxylation is 1. The molecule has 7 nitrogen and oxygen atoms in total. The Morgan fingerprint density at radius 3 is 2.19 bits per heavy atom. The van der Waals surface area contributed by atoms with Crippen LogP contribution in [0.2, 0.25) is 0 Å². The van der Waals surface area contributed by atoms with Crippen LogP contribution in [0.1, 0.15) is 62.1 Å². The molecule has 1 amide bonds. The molecule has 0 atom stereocenters. The molecule has 0 fully saturated rings. The maximum absolute atomic E-state index is 13.2. The first kappa shape index (κ1) is 21.8. The van der Waals surface area contributed by atoms with Crippen LogP contribution in [0.3, 0.4) is 0 Å². The smallest absolute Gasteiger partial charge is 0.335 e. The number of carboxylic acid groups (broad SMARTS) is 2. The van der Waals surface area contributed by atoms with Gasteiger partial charge in [-0.05, 0) is 54.3 Å². The van der Waals surface area contributed by atoms with Gasteiger partial charge in [-0.1, -0.05) is 26.0 Å². The number of benzene rings is 2. The van der Waals surface area contributed by atoms with E-state index in [0.717, 1.165) is 28.1 Å². The molecule has 7 heteroatoms. The number of rotatable bonds is 7. The second-order valence-electron chi connectivity index (χ2n) is 7.67. The van der Waals surface area contributed by atoms with E-state index in [9.17, 15) is 24.6 Å². The van der Waals surface area contributed by atoms with Crippen molar-refractivity contribution in [3.63, 3.8) is 0 Å². The molecule has 1 aromatic heterocycles. The van der Waals surface area contributed by atoms with Crippen molar-refractivity contribution in [1.82, 2.24) is 4.57 Å². The summed E-state index contributed by atoms with van der Waals surface area (Å²) in [5, 5.41) is 22.2. The van der Waals surface area contributed by atoms with Crippen LogP contribution in [0.5, 0.6) is 0 Å². The lowest BCUT2D eigenvalue weighted by Crippen LogP contribution is -2.18. The fourth-order valence-corrected chi connectivity index (χ4v) is 3.65. The summed E-state index contributed by atoms with van der Waals surface area (Å²) in [6.45, 7) is 10.2. The lowest BCUT2D eigenvalue weighted by atomic mass is 10.0. The summed E-state index contributed by atoms with van der Waals surface area (Å²) in [6.07, 6.45) is 1.69. The monoisotopic (exact) mass is 420 g/mol. The molecule has 0 bridgehead atoms. The van der Waals surface area contributed by atoms with Crippen molar-refractivity contribution in [3.8, 4) is 0 Å². The number of hydrogen-bond acceptors (Lipinski definition) is 3. The fraction of sp³-hybridized carbons (Fsp3) is 0.208. The van der Waals surface area contributed by atoms with Gasteiger partial charge in [-0.3, -0.25) is 4.79 Å². The molecule has 3 rings (SSSR count). The molecule has 3 aromatic rings. The second-order valence-corrected chi connectivity index (χ2v) is 7.67. The summed E-state index contributed by atoms with van der Waals surface area (Å²) >= 11 is 0. The lowest BCUT2D eigenvalue weighted by Gasteiger charge is -2.11. The molecule has 0 aliphatic heterocycles. The number of fused-ring (bicyclic) bond motifs is 1. The van der Waals surface area contributed by atoms with Gasteiger partial charge in [0.1, 0.15) is 5.69 Å². The molecule has 3 N–H and O–H groups in total. The zero-order valence-electron chi connectivity index (χ0n) is 17.6. The SMILES string of the molecule is C=CCn1c(C(=O)Nc2cc(C(=O)O)cc(C(=O)O)c2)c(C)c2cc(C(C)C)ccc21. The summed E-state index contributed by atoms with van der Waals surface area (Å²) in [7, 11) is 0. The number of anilines is 1. The Bertz CT molecular complexity index is 1190. The van der Waals surface area contributed by atoms with E-state index in [2.05, 4.69) is 31.8 Å². The van der Waals surface area contributed by atoms with Gasteiger partial charge >= 0.3 is 11.9 Å². The normalized spacial score (nSPS) is 11.0. The van der Waals surface area contributed by atoms with Crippen molar-refractivity contribution < 1.29 is 24.6 Å². The number of aromatic nitrogens is 1. The largest absolute Gasteiger partial charge is 0.478 e. The standard InChI is InChI=1S/C24H24N2O5/c1-5-8-26-20-7-6-15(13(2)3)12-19(20)14(4)21(26)22(27)25-18-10-16(23(28)29)9-17(11-18)24(30)31/h5-7,9-13H,1,8H2,2-4H3,(H,25,27)(H,28,29)(H,30,31). The Hall–Kier alpha value is -3.87. The molecule has 0 aliphatic rings. The van der Waals surface area contributed by atoms with Crippen molar-refractivity contribution in [2.45, 2.75) is 33.2 Å². The van der Waals surface area contributed by atoms with Gasteiger partial charge in [0.25, 0.3) is 5.91 Å². The first-order valence-electron chi connectivity index (χ1n) is 9.80. The highest BCUT2D eigenvalue weighted by atomic mass is 16.4. The van der Waals surface area contributed by atoms with Gasteiger partial charge in [-0.2, -0.15) is 0 Å². The van der Waals surface area contributed by atoms with E-state index in [1.807, 2.05) is 23.6 Å². The summed E-state index contributed by atoms with van der Waals surface area (Å²) < 4.78 is 1.84. The lowest BCUT2D eigenvalue weighted by molar-refractivity contribution is 0.0696. The van der Waals surface area contributed by atoms with E-state index in [1.165, 1.54) is 12.1 Å². The molecule has 1 heterocycles. The molecular formula is C24H24N2O5. The Morgan fingerprint density at radius 1 is 1.06 bits per heavy atom. The van der Waals surface area contributed by atoms with Gasteiger partial charge < -0.3 is 20.1 Å². The second kappa shape index (κ2) is 8.47. The predicted molar refractivity (Wildman–Crippen MR) is 119 cm³/mol. The van der Waals surface area contributed by atoms with Gasteiger partial charge in [-0.15, -0.1) is 6.58 Å². The van der Waals surface area contributed by atoms with Gasteiger partial charge in [0.05, 0.1) is 11.1 Å². The van der Waals surface area contributed by atoms with E-state index in [0.29, 0.717) is 18.2 Å². The number of carbonyl (C=O) groups excluding carboxylic acids is 1. The van der Waals surface area contributed by atoms with Crippen molar-refractivity contribution in [1.29, 1.82) is 0 Å². The van der Waals surface area contributed by atoms with E-state index >= 15 is 0 Å². The molecular weight excluding hydrogens is 396 g/mol. The van der Waals surface area contributed by atoms with Crippen molar-refractivity contribution in [3.05, 3.63) is 77.0 Å². The Balaban J connectivity index is 2.11. The summed E-state index contributed by atoms with van der Waals surface area (Å²) in [5.74, 6) is -2.69. The third kappa shape index (κ3) is 4.21. The van der Waals surface area contributed by atoms with E-state index < -0.39 is 17.8 Å². The van der Waals surface area contributed by atoms with Crippen LogP contribution < -0.4 is 5.32 Å². The Labute approximate surface area is 179 Å². The molecule has 31 heavy (non-hydrogen) atoms. The van der Waals surface area contributed by atoms with Crippen LogP contribution in [-0.2, 0) is 6.54 Å². The fourth-order valence-electron chi connectivity index (χ4n) is 3.65. The molecule has 160 valence electrons. The predicted octanol–water partition coefficient (Wildman–Crippen LogP) is 4.91. The van der Waals surface area contributed by atoms with Crippen LogP contribution in [-0.4, -0.2) is 32.6 Å². The number of allylic oxidation sites excluding steroid dienone is 1. The summed E-state index contributed by atoms with van der Waals surface area (Å²) in [4.78, 5) is 35.9. The minimum atomic E-state index is -1.28. The van der Waals surface area contributed by atoms with Crippen molar-refractivity contribution in [2.24, 2.45) is 0 Å². The highest BCUT2D eigenvalue weighted by molar-refractivity contribution is 6.09. The molecule has 0 unspecified atom stereocenters. The average molecular weight is 420 g/mol. The zero-order valence-corrected chi connectivity index (χ0v) is 17.6. The van der Waals surface area contributed by atoms with Crippen LogP contribution in [0.25, 0.3) is 10.9 Å². The molecule has 0 saturated heterocycles. The number of aromatic carboxylic acids is 2. The first-order chi connectivity index (χ1) is 14.6. The quantitative estimate of drug-likeness (QED) is 0.471. The highest BCUT2D eigenvalue weighted by Crippen LogP contribution is 2.30. The summed E-state index contributed by atoms with van der Waals surface area (Å²) in [6, 6.07) is 9.60. The van der Waals surface area contributed by atoms with Gasteiger partial charge in [0.2, 0.25) is 0 Å². The molecule has 2 aromatic carbocycles. The van der Waals surface area contributed by atoms with Crippen molar-refractivity contribution >= 4 is 34.4 Å². The van der Waals surface area contributed by atoms with E-state index in [4.69, 9.17) is 0 Å². The Morgan fingerprint density at radius 2 is 1.68 bits per heavy atom. The highest BCUT2D eigenvalue weighted by Gasteiger charge is 2.21. The van der Waals surface area contributed by atoms with Gasteiger partial charge in [0.15, 0.2) is 0 Å². The zero-order chi connectivity index (χ0) is 22.9. The number of carbonyl (C=O) groups is 3. The van der Waals surface area contributed by atoms with E-state index in [1.54, 1.807) is 6.08 Å². The molecule has 0 radical (unpaired) electrons. The third-order valence-electron chi connectivity index (χ3n) is 5.22. The summed E-state index contributed by atoms with van der Waals surface area (Å²) in [5.41, 5.74) is 2.88. The molecule has 0 spiro atoms. The van der Waals surface area contributed by atoms with E-state index in [-0.39, 0.29) is 16.8 Å². The average Bonchev–Trinajstić information content (AvgIpc) is 2.99. The van der Waals surface area contributed by atoms with Gasteiger partial charge in [0, 0.05) is 23.1 Å². The minimum absolute atomic E-state index is 0.0972. The maximum atomic E-state index is 13.2. The topological polar surface area (TPSA) is 109 Å². The molecule has 0 saturated carbocycles. The molecule has 0 aliphatic carbocycles.